The monoisotopic (exact) mass is 337 g/mol. The molecular formula is C18H12BrNO. The van der Waals surface area contributed by atoms with Gasteiger partial charge in [0.05, 0.1) is 11.6 Å². The van der Waals surface area contributed by atoms with Crippen molar-refractivity contribution in [2.45, 2.75) is 6.61 Å². The van der Waals surface area contributed by atoms with Crippen LogP contribution in [-0.4, -0.2) is 0 Å². The molecule has 0 bridgehead atoms. The van der Waals surface area contributed by atoms with Gasteiger partial charge in [-0.05, 0) is 52.7 Å². The Morgan fingerprint density at radius 2 is 1.62 bits per heavy atom. The highest BCUT2D eigenvalue weighted by molar-refractivity contribution is 9.10. The van der Waals surface area contributed by atoms with Gasteiger partial charge in [-0.1, -0.05) is 40.2 Å². The molecular weight excluding hydrogens is 326 g/mol. The second-order valence-corrected chi connectivity index (χ2v) is 5.67. The van der Waals surface area contributed by atoms with Crippen molar-refractivity contribution in [1.82, 2.24) is 0 Å². The molecule has 3 aromatic rings. The number of ether oxygens (including phenoxy) is 1. The van der Waals surface area contributed by atoms with Crippen LogP contribution in [0.15, 0.2) is 65.1 Å². The number of fused-ring (bicyclic) bond motifs is 1. The number of hydrogen-bond donors (Lipinski definition) is 0. The van der Waals surface area contributed by atoms with Crippen LogP contribution >= 0.6 is 15.9 Å². The molecule has 3 rings (SSSR count). The third kappa shape index (κ3) is 3.24. The van der Waals surface area contributed by atoms with Crippen LogP contribution in [0.25, 0.3) is 10.8 Å². The van der Waals surface area contributed by atoms with Crippen molar-refractivity contribution in [3.63, 3.8) is 0 Å². The average molecular weight is 338 g/mol. The zero-order chi connectivity index (χ0) is 14.7. The van der Waals surface area contributed by atoms with Gasteiger partial charge >= 0.3 is 0 Å². The van der Waals surface area contributed by atoms with Crippen molar-refractivity contribution < 1.29 is 4.74 Å². The summed E-state index contributed by atoms with van der Waals surface area (Å²) in [5, 5.41) is 11.1. The molecule has 3 heteroatoms. The average Bonchev–Trinajstić information content (AvgIpc) is 2.53. The molecule has 0 spiro atoms. The number of nitriles is 1. The molecule has 0 atom stereocenters. The number of rotatable bonds is 3. The maximum absolute atomic E-state index is 8.77. The van der Waals surface area contributed by atoms with E-state index in [-0.39, 0.29) is 0 Å². The van der Waals surface area contributed by atoms with Crippen molar-refractivity contribution in [1.29, 1.82) is 5.26 Å². The topological polar surface area (TPSA) is 33.0 Å². The smallest absolute Gasteiger partial charge is 0.120 e. The van der Waals surface area contributed by atoms with Crippen LogP contribution in [0.2, 0.25) is 0 Å². The predicted octanol–water partition coefficient (Wildman–Crippen LogP) is 5.05. The summed E-state index contributed by atoms with van der Waals surface area (Å²) >= 11 is 3.47. The lowest BCUT2D eigenvalue weighted by Crippen LogP contribution is -1.95. The van der Waals surface area contributed by atoms with Crippen LogP contribution < -0.4 is 4.74 Å². The van der Waals surface area contributed by atoms with Gasteiger partial charge in [-0.2, -0.15) is 5.26 Å². The van der Waals surface area contributed by atoms with Crippen LogP contribution in [0, 0.1) is 11.3 Å². The second-order valence-electron chi connectivity index (χ2n) is 4.75. The lowest BCUT2D eigenvalue weighted by atomic mass is 10.1. The third-order valence-corrected chi connectivity index (χ3v) is 3.76. The van der Waals surface area contributed by atoms with E-state index in [1.807, 2.05) is 36.4 Å². The van der Waals surface area contributed by atoms with Gasteiger partial charge in [0.15, 0.2) is 0 Å². The largest absolute Gasteiger partial charge is 0.489 e. The number of nitrogens with zero attached hydrogens (tertiary/aromatic N) is 1. The first-order valence-electron chi connectivity index (χ1n) is 6.56. The molecule has 0 aromatic heterocycles. The summed E-state index contributed by atoms with van der Waals surface area (Å²) in [4.78, 5) is 0. The van der Waals surface area contributed by atoms with Gasteiger partial charge in [-0.3, -0.25) is 0 Å². The van der Waals surface area contributed by atoms with Gasteiger partial charge in [-0.15, -0.1) is 0 Å². The summed E-state index contributed by atoms with van der Waals surface area (Å²) in [6.07, 6.45) is 0. The van der Waals surface area contributed by atoms with E-state index in [0.29, 0.717) is 12.2 Å². The molecule has 0 saturated carbocycles. The third-order valence-electron chi connectivity index (χ3n) is 3.26. The molecule has 0 unspecified atom stereocenters. The van der Waals surface area contributed by atoms with E-state index in [9.17, 15) is 0 Å². The van der Waals surface area contributed by atoms with E-state index >= 15 is 0 Å². The molecule has 3 aromatic carbocycles. The Hall–Kier alpha value is -2.31. The van der Waals surface area contributed by atoms with Crippen LogP contribution in [0.1, 0.15) is 11.1 Å². The highest BCUT2D eigenvalue weighted by atomic mass is 79.9. The first-order valence-corrected chi connectivity index (χ1v) is 7.35. The Kier molecular flexibility index (Phi) is 3.89. The van der Waals surface area contributed by atoms with Gasteiger partial charge in [0, 0.05) is 4.47 Å². The van der Waals surface area contributed by atoms with Crippen LogP contribution in [0.4, 0.5) is 0 Å². The Labute approximate surface area is 131 Å². The minimum absolute atomic E-state index is 0.494. The van der Waals surface area contributed by atoms with Crippen molar-refractivity contribution in [2.75, 3.05) is 0 Å². The maximum Gasteiger partial charge on any atom is 0.120 e. The minimum atomic E-state index is 0.494. The molecule has 21 heavy (non-hydrogen) atoms. The lowest BCUT2D eigenvalue weighted by molar-refractivity contribution is 0.306. The molecule has 2 nitrogen and oxygen atoms in total. The zero-order valence-corrected chi connectivity index (χ0v) is 12.8. The molecule has 0 aliphatic carbocycles. The maximum atomic E-state index is 8.77. The molecule has 0 aliphatic heterocycles. The first kappa shape index (κ1) is 13.7. The van der Waals surface area contributed by atoms with Crippen molar-refractivity contribution >= 4 is 26.7 Å². The Balaban J connectivity index is 1.75. The summed E-state index contributed by atoms with van der Waals surface area (Å²) in [5.74, 6) is 0.842. The molecule has 0 saturated heterocycles. The van der Waals surface area contributed by atoms with Crippen LogP contribution in [0.3, 0.4) is 0 Å². The summed E-state index contributed by atoms with van der Waals surface area (Å²) in [6, 6.07) is 21.8. The Bertz CT molecular complexity index is 819. The number of halogens is 1. The quantitative estimate of drug-likeness (QED) is 0.669. The molecule has 0 aliphatic rings. The summed E-state index contributed by atoms with van der Waals surface area (Å²) in [7, 11) is 0. The van der Waals surface area contributed by atoms with Gasteiger partial charge in [0.25, 0.3) is 0 Å². The fraction of sp³-hybridized carbons (Fsp3) is 0.0556. The molecule has 0 N–H and O–H groups in total. The molecule has 102 valence electrons. The summed E-state index contributed by atoms with van der Waals surface area (Å²) in [5.41, 5.74) is 1.71. The van der Waals surface area contributed by atoms with E-state index in [1.165, 1.54) is 5.39 Å². The fourth-order valence-corrected chi connectivity index (χ4v) is 2.51. The molecule has 0 amide bonds. The number of benzene rings is 3. The fourth-order valence-electron chi connectivity index (χ4n) is 2.13. The van der Waals surface area contributed by atoms with Crippen LogP contribution in [0.5, 0.6) is 5.75 Å². The van der Waals surface area contributed by atoms with E-state index < -0.39 is 0 Å². The van der Waals surface area contributed by atoms with E-state index in [2.05, 4.69) is 34.1 Å². The van der Waals surface area contributed by atoms with Gasteiger partial charge in [0.2, 0.25) is 0 Å². The van der Waals surface area contributed by atoms with Crippen molar-refractivity contribution in [2.24, 2.45) is 0 Å². The SMILES string of the molecule is N#Cc1ccc(COc2ccc3cc(Br)ccc3c2)cc1. The van der Waals surface area contributed by atoms with Crippen LogP contribution in [-0.2, 0) is 6.61 Å². The minimum Gasteiger partial charge on any atom is -0.489 e. The first-order chi connectivity index (χ1) is 10.2. The Morgan fingerprint density at radius 1 is 0.905 bits per heavy atom. The molecule has 0 heterocycles. The van der Waals surface area contributed by atoms with Crippen molar-refractivity contribution in [3.05, 3.63) is 76.3 Å². The summed E-state index contributed by atoms with van der Waals surface area (Å²) in [6.45, 7) is 0.494. The normalized spacial score (nSPS) is 10.3. The van der Waals surface area contributed by atoms with Crippen molar-refractivity contribution in [3.8, 4) is 11.8 Å². The standard InChI is InChI=1S/C18H12BrNO/c19-17-7-5-16-10-18(8-6-15(16)9-17)21-12-14-3-1-13(11-20)2-4-14/h1-10H,12H2. The number of hydrogen-bond acceptors (Lipinski definition) is 2. The lowest BCUT2D eigenvalue weighted by Gasteiger charge is -2.08. The highest BCUT2D eigenvalue weighted by Gasteiger charge is 2.00. The van der Waals surface area contributed by atoms with Gasteiger partial charge < -0.3 is 4.74 Å². The molecule has 0 radical (unpaired) electrons. The molecule has 0 fully saturated rings. The predicted molar refractivity (Wildman–Crippen MR) is 87.1 cm³/mol. The zero-order valence-electron chi connectivity index (χ0n) is 11.2. The van der Waals surface area contributed by atoms with E-state index in [0.717, 1.165) is 21.2 Å². The van der Waals surface area contributed by atoms with Gasteiger partial charge in [0.1, 0.15) is 12.4 Å². The highest BCUT2D eigenvalue weighted by Crippen LogP contribution is 2.24. The van der Waals surface area contributed by atoms with E-state index in [4.69, 9.17) is 10.00 Å². The van der Waals surface area contributed by atoms with Gasteiger partial charge in [-0.25, -0.2) is 0 Å². The summed E-state index contributed by atoms with van der Waals surface area (Å²) < 4.78 is 6.88. The Morgan fingerprint density at radius 3 is 2.38 bits per heavy atom. The second kappa shape index (κ2) is 5.99. The van der Waals surface area contributed by atoms with E-state index in [1.54, 1.807) is 12.1 Å².